The normalized spacial score (nSPS) is 10.5. The van der Waals surface area contributed by atoms with Gasteiger partial charge < -0.3 is 14.8 Å². The van der Waals surface area contributed by atoms with Crippen LogP contribution in [0.5, 0.6) is 0 Å². The second-order valence-electron chi connectivity index (χ2n) is 5.75. The van der Waals surface area contributed by atoms with Gasteiger partial charge >= 0.3 is 5.97 Å². The lowest BCUT2D eigenvalue weighted by atomic mass is 10.1. The molecule has 0 fully saturated rings. The topological polar surface area (TPSA) is 105 Å². The molecule has 0 aliphatic heterocycles. The van der Waals surface area contributed by atoms with Gasteiger partial charge in [0.05, 0.1) is 6.42 Å². The van der Waals surface area contributed by atoms with Gasteiger partial charge in [-0.15, -0.1) is 10.2 Å². The van der Waals surface area contributed by atoms with Crippen LogP contribution in [0.3, 0.4) is 0 Å². The maximum Gasteiger partial charge on any atom is 0.303 e. The third-order valence-electron chi connectivity index (χ3n) is 3.78. The van der Waals surface area contributed by atoms with Gasteiger partial charge in [0.2, 0.25) is 17.7 Å². The number of rotatable bonds is 6. The molecule has 0 aliphatic carbocycles. The molecule has 7 heteroatoms. The van der Waals surface area contributed by atoms with E-state index in [0.717, 1.165) is 16.7 Å². The molecule has 0 aliphatic rings. The van der Waals surface area contributed by atoms with E-state index in [1.165, 1.54) is 0 Å². The quantitative estimate of drug-likeness (QED) is 0.704. The van der Waals surface area contributed by atoms with E-state index in [-0.39, 0.29) is 18.7 Å². The first-order valence-electron chi connectivity index (χ1n) is 8.04. The Kier molecular flexibility index (Phi) is 5.07. The Morgan fingerprint density at radius 3 is 2.38 bits per heavy atom. The monoisotopic (exact) mass is 351 g/mol. The molecule has 0 saturated carbocycles. The zero-order valence-electron chi connectivity index (χ0n) is 14.1. The lowest BCUT2D eigenvalue weighted by Gasteiger charge is -2.04. The van der Waals surface area contributed by atoms with Crippen LogP contribution in [0, 0.1) is 6.92 Å². The molecule has 0 spiro atoms. The van der Waals surface area contributed by atoms with Crippen LogP contribution in [-0.2, 0) is 9.59 Å². The highest BCUT2D eigenvalue weighted by Crippen LogP contribution is 2.26. The number of aromatic nitrogens is 2. The van der Waals surface area contributed by atoms with E-state index in [2.05, 4.69) is 15.5 Å². The molecular weight excluding hydrogens is 334 g/mol. The fourth-order valence-corrected chi connectivity index (χ4v) is 2.40. The van der Waals surface area contributed by atoms with Crippen molar-refractivity contribution in [3.8, 4) is 22.9 Å². The van der Waals surface area contributed by atoms with E-state index in [1.54, 1.807) is 24.3 Å². The molecule has 26 heavy (non-hydrogen) atoms. The van der Waals surface area contributed by atoms with Crippen molar-refractivity contribution in [3.63, 3.8) is 0 Å². The first-order valence-corrected chi connectivity index (χ1v) is 8.04. The average molecular weight is 351 g/mol. The van der Waals surface area contributed by atoms with Crippen LogP contribution in [0.15, 0.2) is 52.9 Å². The van der Waals surface area contributed by atoms with E-state index >= 15 is 0 Å². The van der Waals surface area contributed by atoms with E-state index in [0.29, 0.717) is 17.5 Å². The lowest BCUT2D eigenvalue weighted by molar-refractivity contribution is -0.138. The van der Waals surface area contributed by atoms with Gasteiger partial charge in [0.1, 0.15) is 0 Å². The summed E-state index contributed by atoms with van der Waals surface area (Å²) in [6.07, 6.45) is -0.270. The van der Waals surface area contributed by atoms with Crippen molar-refractivity contribution in [2.75, 3.05) is 5.32 Å². The fourth-order valence-electron chi connectivity index (χ4n) is 2.40. The van der Waals surface area contributed by atoms with Gasteiger partial charge in [0.25, 0.3) is 0 Å². The second-order valence-corrected chi connectivity index (χ2v) is 5.75. The molecule has 3 rings (SSSR count). The Bertz CT molecular complexity index is 932. The van der Waals surface area contributed by atoms with Crippen LogP contribution in [0.2, 0.25) is 0 Å². The average Bonchev–Trinajstić information content (AvgIpc) is 3.11. The zero-order valence-corrected chi connectivity index (χ0v) is 14.1. The number of aliphatic carboxylic acids is 1. The van der Waals surface area contributed by atoms with E-state index in [9.17, 15) is 9.59 Å². The number of hydrogen-bond acceptors (Lipinski definition) is 5. The van der Waals surface area contributed by atoms with E-state index in [4.69, 9.17) is 9.52 Å². The van der Waals surface area contributed by atoms with Crippen LogP contribution in [0.1, 0.15) is 18.4 Å². The standard InChI is InChI=1S/C19H17N3O4/c1-12-4-2-3-5-15(12)19-22-21-18(26-19)13-6-8-14(9-7-13)20-16(23)10-11-17(24)25/h2-9H,10-11H2,1H3,(H,20,23)(H,24,25). The minimum Gasteiger partial charge on any atom is -0.481 e. The number of nitrogens with one attached hydrogen (secondary N) is 1. The first kappa shape index (κ1) is 17.3. The van der Waals surface area contributed by atoms with Crippen molar-refractivity contribution < 1.29 is 19.1 Å². The number of anilines is 1. The maximum absolute atomic E-state index is 11.6. The van der Waals surface area contributed by atoms with Crippen LogP contribution < -0.4 is 5.32 Å². The number of amides is 1. The zero-order chi connectivity index (χ0) is 18.5. The van der Waals surface area contributed by atoms with Gasteiger partial charge in [-0.3, -0.25) is 9.59 Å². The van der Waals surface area contributed by atoms with Gasteiger partial charge in [-0.05, 0) is 42.8 Å². The number of carbonyl (C=O) groups is 2. The van der Waals surface area contributed by atoms with Crippen LogP contribution in [0.4, 0.5) is 5.69 Å². The van der Waals surface area contributed by atoms with Crippen molar-refractivity contribution in [2.45, 2.75) is 19.8 Å². The predicted octanol–water partition coefficient (Wildman–Crippen LogP) is 3.52. The Labute approximate surface area is 149 Å². The number of aryl methyl sites for hydroxylation is 1. The van der Waals surface area contributed by atoms with Gasteiger partial charge in [0, 0.05) is 23.2 Å². The van der Waals surface area contributed by atoms with E-state index < -0.39 is 5.97 Å². The molecule has 1 aromatic heterocycles. The third kappa shape index (κ3) is 4.13. The number of benzene rings is 2. The van der Waals surface area contributed by atoms with Crippen molar-refractivity contribution in [3.05, 3.63) is 54.1 Å². The van der Waals surface area contributed by atoms with Crippen LogP contribution in [-0.4, -0.2) is 27.2 Å². The SMILES string of the molecule is Cc1ccccc1-c1nnc(-c2ccc(NC(=O)CCC(=O)O)cc2)o1. The Balaban J connectivity index is 1.70. The molecule has 2 aromatic carbocycles. The molecule has 1 heterocycles. The van der Waals surface area contributed by atoms with Crippen LogP contribution in [0.25, 0.3) is 22.9 Å². The molecule has 0 saturated heterocycles. The highest BCUT2D eigenvalue weighted by Gasteiger charge is 2.12. The maximum atomic E-state index is 11.6. The predicted molar refractivity (Wildman–Crippen MR) is 95.4 cm³/mol. The smallest absolute Gasteiger partial charge is 0.303 e. The molecule has 3 aromatic rings. The second kappa shape index (κ2) is 7.60. The van der Waals surface area contributed by atoms with Gasteiger partial charge in [-0.1, -0.05) is 18.2 Å². The summed E-state index contributed by atoms with van der Waals surface area (Å²) < 4.78 is 5.75. The molecule has 0 atom stereocenters. The van der Waals surface area contributed by atoms with Crippen LogP contribution >= 0.6 is 0 Å². The van der Waals surface area contributed by atoms with Gasteiger partial charge in [0.15, 0.2) is 0 Å². The molecule has 0 bridgehead atoms. The Hall–Kier alpha value is -3.48. The fraction of sp³-hybridized carbons (Fsp3) is 0.158. The van der Waals surface area contributed by atoms with Crippen molar-refractivity contribution in [1.29, 1.82) is 0 Å². The van der Waals surface area contributed by atoms with Crippen molar-refractivity contribution in [1.82, 2.24) is 10.2 Å². The Morgan fingerprint density at radius 2 is 1.69 bits per heavy atom. The number of hydrogen-bond donors (Lipinski definition) is 2. The third-order valence-corrected chi connectivity index (χ3v) is 3.78. The summed E-state index contributed by atoms with van der Waals surface area (Å²) in [7, 11) is 0. The molecule has 0 unspecified atom stereocenters. The summed E-state index contributed by atoms with van der Waals surface area (Å²) >= 11 is 0. The summed E-state index contributed by atoms with van der Waals surface area (Å²) in [5.41, 5.74) is 3.22. The Morgan fingerprint density at radius 1 is 1.00 bits per heavy atom. The number of carbonyl (C=O) groups excluding carboxylic acids is 1. The van der Waals surface area contributed by atoms with Crippen molar-refractivity contribution >= 4 is 17.6 Å². The molecular formula is C19H17N3O4. The minimum atomic E-state index is -1.00. The van der Waals surface area contributed by atoms with Gasteiger partial charge in [-0.2, -0.15) is 0 Å². The molecule has 7 nitrogen and oxygen atoms in total. The highest BCUT2D eigenvalue weighted by atomic mass is 16.4. The molecule has 0 radical (unpaired) electrons. The molecule has 2 N–H and O–H groups in total. The van der Waals surface area contributed by atoms with Crippen molar-refractivity contribution in [2.24, 2.45) is 0 Å². The number of carboxylic acid groups (broad SMARTS) is 1. The molecule has 1 amide bonds. The summed E-state index contributed by atoms with van der Waals surface area (Å²) in [5.74, 6) is -0.521. The summed E-state index contributed by atoms with van der Waals surface area (Å²) in [5, 5.41) is 19.4. The summed E-state index contributed by atoms with van der Waals surface area (Å²) in [6.45, 7) is 1.97. The molecule has 132 valence electrons. The number of carboxylic acids is 1. The largest absolute Gasteiger partial charge is 0.481 e. The lowest BCUT2D eigenvalue weighted by Crippen LogP contribution is -2.13. The van der Waals surface area contributed by atoms with E-state index in [1.807, 2.05) is 31.2 Å². The first-order chi connectivity index (χ1) is 12.5. The summed E-state index contributed by atoms with van der Waals surface area (Å²) in [4.78, 5) is 22.1. The summed E-state index contributed by atoms with van der Waals surface area (Å²) in [6, 6.07) is 14.7. The highest BCUT2D eigenvalue weighted by molar-refractivity contribution is 5.92. The number of nitrogens with zero attached hydrogens (tertiary/aromatic N) is 2. The minimum absolute atomic E-state index is 0.0689. The van der Waals surface area contributed by atoms with Gasteiger partial charge in [-0.25, -0.2) is 0 Å².